The highest BCUT2D eigenvalue weighted by Crippen LogP contribution is 2.63. The maximum atomic E-state index is 12.6. The zero-order valence-corrected chi connectivity index (χ0v) is 18.1. The number of aliphatic hydroxyl groups excluding tert-OH is 1. The second-order valence-corrected chi connectivity index (χ2v) is 10.4. The number of carbonyl (C=O) groups is 1. The lowest BCUT2D eigenvalue weighted by molar-refractivity contribution is -0.117. The Morgan fingerprint density at radius 2 is 2.07 bits per heavy atom. The van der Waals surface area contributed by atoms with Crippen molar-refractivity contribution in [1.29, 1.82) is 0 Å². The molecule has 0 radical (unpaired) electrons. The van der Waals surface area contributed by atoms with E-state index in [1.54, 1.807) is 0 Å². The molecule has 3 aliphatic carbocycles. The fourth-order valence-corrected chi connectivity index (χ4v) is 6.98. The van der Waals surface area contributed by atoms with Crippen molar-refractivity contribution in [2.45, 2.75) is 78.4 Å². The lowest BCUT2D eigenvalue weighted by Crippen LogP contribution is -2.44. The number of aliphatic hydroxyl groups is 1. The molecule has 7 atom stereocenters. The number of rotatable bonds is 2. The predicted octanol–water partition coefficient (Wildman–Crippen LogP) is 5.01. The van der Waals surface area contributed by atoms with Gasteiger partial charge in [-0.2, -0.15) is 0 Å². The Kier molecular flexibility index (Phi) is 4.99. The summed E-state index contributed by atoms with van der Waals surface area (Å²) in [4.78, 5) is 12.6. The van der Waals surface area contributed by atoms with Crippen LogP contribution in [0.2, 0.25) is 0 Å². The van der Waals surface area contributed by atoms with Crippen LogP contribution >= 0.6 is 0 Å². The van der Waals surface area contributed by atoms with E-state index in [-0.39, 0.29) is 29.6 Å². The van der Waals surface area contributed by atoms with Crippen molar-refractivity contribution in [3.8, 4) is 0 Å². The Bertz CT molecular complexity index is 760. The zero-order chi connectivity index (χ0) is 20.3. The van der Waals surface area contributed by atoms with Crippen LogP contribution in [-0.2, 0) is 9.53 Å². The van der Waals surface area contributed by atoms with Gasteiger partial charge in [0.2, 0.25) is 0 Å². The van der Waals surface area contributed by atoms with E-state index in [1.807, 2.05) is 13.0 Å². The minimum atomic E-state index is -0.0739. The maximum Gasteiger partial charge on any atom is 0.163 e. The number of ketones is 1. The Morgan fingerprint density at radius 3 is 2.79 bits per heavy atom. The van der Waals surface area contributed by atoms with Crippen molar-refractivity contribution in [2.24, 2.45) is 29.1 Å². The number of allylic oxidation sites excluding steroid dienone is 4. The number of fused-ring (bicyclic) bond motifs is 3. The van der Waals surface area contributed by atoms with Gasteiger partial charge >= 0.3 is 0 Å². The first-order valence-corrected chi connectivity index (χ1v) is 11.0. The molecule has 28 heavy (non-hydrogen) atoms. The SMILES string of the molecule is CC(=C[C@H]1C[C@H](C)[C@]2(CC[C@]3(C)C[C@@H]4C(C)=CC(=O)[C@H]4C(C)=CC[C@H]32)O1)CO. The van der Waals surface area contributed by atoms with Crippen LogP contribution < -0.4 is 0 Å². The molecule has 0 amide bonds. The molecule has 4 aliphatic rings. The second kappa shape index (κ2) is 6.95. The van der Waals surface area contributed by atoms with Crippen molar-refractivity contribution < 1.29 is 14.6 Å². The monoisotopic (exact) mass is 384 g/mol. The van der Waals surface area contributed by atoms with Gasteiger partial charge in [-0.1, -0.05) is 37.1 Å². The summed E-state index contributed by atoms with van der Waals surface area (Å²) in [6, 6.07) is 0. The van der Waals surface area contributed by atoms with Gasteiger partial charge in [0.25, 0.3) is 0 Å². The molecule has 1 heterocycles. The summed E-state index contributed by atoms with van der Waals surface area (Å²) >= 11 is 0. The van der Waals surface area contributed by atoms with Crippen LogP contribution in [0.1, 0.15) is 66.7 Å². The molecular weight excluding hydrogens is 348 g/mol. The topological polar surface area (TPSA) is 46.5 Å². The van der Waals surface area contributed by atoms with Crippen LogP contribution in [0.3, 0.4) is 0 Å². The van der Waals surface area contributed by atoms with E-state index in [2.05, 4.69) is 39.8 Å². The summed E-state index contributed by atoms with van der Waals surface area (Å²) < 4.78 is 6.82. The molecule has 0 aromatic carbocycles. The van der Waals surface area contributed by atoms with Crippen LogP contribution in [0.25, 0.3) is 0 Å². The standard InChI is InChI=1S/C25H36O3/c1-15(14-26)10-19-12-18(4)25(28-19)9-8-24(5)13-20-17(3)11-21(27)23(20)16(2)6-7-22(24)25/h6,10-11,18-20,22-23,26H,7-9,12-14H2,1-5H3/t18-,19-,20+,22+,23-,24+,25-/m0/s1. The van der Waals surface area contributed by atoms with Gasteiger partial charge < -0.3 is 9.84 Å². The van der Waals surface area contributed by atoms with Gasteiger partial charge in [0.1, 0.15) is 0 Å². The van der Waals surface area contributed by atoms with Crippen LogP contribution in [0.4, 0.5) is 0 Å². The summed E-state index contributed by atoms with van der Waals surface area (Å²) in [5, 5.41) is 9.41. The third-order valence-electron chi connectivity index (χ3n) is 8.54. The van der Waals surface area contributed by atoms with Crippen molar-refractivity contribution in [3.63, 3.8) is 0 Å². The van der Waals surface area contributed by atoms with E-state index in [0.29, 0.717) is 23.5 Å². The highest BCUT2D eigenvalue weighted by molar-refractivity contribution is 5.97. The lowest BCUT2D eigenvalue weighted by Gasteiger charge is -2.44. The molecule has 1 saturated carbocycles. The second-order valence-electron chi connectivity index (χ2n) is 10.4. The van der Waals surface area contributed by atoms with Crippen LogP contribution in [0.15, 0.2) is 34.9 Å². The third kappa shape index (κ3) is 2.97. The minimum absolute atomic E-state index is 0.0686. The molecule has 1 spiro atoms. The van der Waals surface area contributed by atoms with Crippen molar-refractivity contribution in [2.75, 3.05) is 6.61 Å². The third-order valence-corrected chi connectivity index (χ3v) is 8.54. The molecule has 1 N–H and O–H groups in total. The molecule has 3 nitrogen and oxygen atoms in total. The Labute approximate surface area is 169 Å². The largest absolute Gasteiger partial charge is 0.392 e. The Morgan fingerprint density at radius 1 is 1.32 bits per heavy atom. The summed E-state index contributed by atoms with van der Waals surface area (Å²) in [6.07, 6.45) is 11.9. The predicted molar refractivity (Wildman–Crippen MR) is 112 cm³/mol. The van der Waals surface area contributed by atoms with Crippen molar-refractivity contribution in [3.05, 3.63) is 34.9 Å². The molecule has 0 bridgehead atoms. The van der Waals surface area contributed by atoms with Gasteiger partial charge in [0.05, 0.1) is 18.3 Å². The van der Waals surface area contributed by atoms with Gasteiger partial charge in [0, 0.05) is 5.92 Å². The van der Waals surface area contributed by atoms with E-state index in [9.17, 15) is 9.90 Å². The number of hydrogen-bond acceptors (Lipinski definition) is 3. The number of hydrogen-bond donors (Lipinski definition) is 1. The van der Waals surface area contributed by atoms with Crippen molar-refractivity contribution >= 4 is 5.78 Å². The maximum absolute atomic E-state index is 12.6. The summed E-state index contributed by atoms with van der Waals surface area (Å²) in [6.45, 7) is 11.2. The molecule has 0 aromatic rings. The first-order valence-electron chi connectivity index (χ1n) is 11.0. The van der Waals surface area contributed by atoms with Crippen LogP contribution in [0.5, 0.6) is 0 Å². The molecule has 1 aliphatic heterocycles. The normalized spacial score (nSPS) is 46.1. The molecular formula is C25H36O3. The Hall–Kier alpha value is -1.19. The first kappa shape index (κ1) is 20.1. The molecule has 0 aromatic heterocycles. The van der Waals surface area contributed by atoms with E-state index >= 15 is 0 Å². The fourth-order valence-electron chi connectivity index (χ4n) is 6.98. The van der Waals surface area contributed by atoms with Gasteiger partial charge in [-0.15, -0.1) is 0 Å². The summed E-state index contributed by atoms with van der Waals surface area (Å²) in [7, 11) is 0. The van der Waals surface area contributed by atoms with Crippen LogP contribution in [0, 0.1) is 29.1 Å². The molecule has 1 saturated heterocycles. The summed E-state index contributed by atoms with van der Waals surface area (Å²) in [5.74, 6) is 1.73. The molecule has 4 rings (SSSR count). The molecule has 154 valence electrons. The highest BCUT2D eigenvalue weighted by Gasteiger charge is 2.61. The minimum Gasteiger partial charge on any atom is -0.392 e. The average molecular weight is 385 g/mol. The number of ether oxygens (including phenoxy) is 1. The fraction of sp³-hybridized carbons (Fsp3) is 0.720. The molecule has 3 heteroatoms. The van der Waals surface area contributed by atoms with Crippen LogP contribution in [-0.4, -0.2) is 29.2 Å². The van der Waals surface area contributed by atoms with Gasteiger partial charge in [-0.05, 0) is 87.7 Å². The van der Waals surface area contributed by atoms with Gasteiger partial charge in [0.15, 0.2) is 5.78 Å². The van der Waals surface area contributed by atoms with E-state index in [0.717, 1.165) is 31.3 Å². The van der Waals surface area contributed by atoms with E-state index in [1.165, 1.54) is 17.6 Å². The molecule has 2 fully saturated rings. The first-order chi connectivity index (χ1) is 13.2. The quantitative estimate of drug-likeness (QED) is 0.681. The summed E-state index contributed by atoms with van der Waals surface area (Å²) in [5.41, 5.74) is 3.65. The highest BCUT2D eigenvalue weighted by atomic mass is 16.5. The Balaban J connectivity index is 1.68. The lowest BCUT2D eigenvalue weighted by atomic mass is 9.62. The molecule has 0 unspecified atom stereocenters. The van der Waals surface area contributed by atoms with E-state index < -0.39 is 0 Å². The average Bonchev–Trinajstić information content (AvgIpc) is 3.18. The van der Waals surface area contributed by atoms with Gasteiger partial charge in [-0.25, -0.2) is 0 Å². The van der Waals surface area contributed by atoms with Gasteiger partial charge in [-0.3, -0.25) is 4.79 Å². The number of carbonyl (C=O) groups excluding carboxylic acids is 1. The van der Waals surface area contributed by atoms with Crippen molar-refractivity contribution in [1.82, 2.24) is 0 Å². The zero-order valence-electron chi connectivity index (χ0n) is 18.1. The smallest absolute Gasteiger partial charge is 0.163 e. The van der Waals surface area contributed by atoms with E-state index in [4.69, 9.17) is 4.74 Å².